The van der Waals surface area contributed by atoms with Crippen molar-refractivity contribution in [2.75, 3.05) is 6.61 Å². The van der Waals surface area contributed by atoms with E-state index in [9.17, 15) is 18.4 Å². The van der Waals surface area contributed by atoms with Gasteiger partial charge in [-0.25, -0.2) is 8.78 Å². The Labute approximate surface area is 169 Å². The van der Waals surface area contributed by atoms with Crippen LogP contribution in [0, 0.1) is 11.6 Å². The summed E-state index contributed by atoms with van der Waals surface area (Å²) in [5.41, 5.74) is -0.194. The molecule has 0 saturated heterocycles. The van der Waals surface area contributed by atoms with Crippen molar-refractivity contribution >= 4 is 11.8 Å². The Morgan fingerprint density at radius 2 is 1.69 bits per heavy atom. The van der Waals surface area contributed by atoms with Gasteiger partial charge in [-0.05, 0) is 58.0 Å². The smallest absolute Gasteiger partial charge is 0.261 e. The number of carbonyl (C=O) groups is 2. The van der Waals surface area contributed by atoms with E-state index in [1.165, 1.54) is 35.2 Å². The Morgan fingerprint density at radius 1 is 1.07 bits per heavy atom. The van der Waals surface area contributed by atoms with Crippen LogP contribution in [0.5, 0.6) is 5.75 Å². The van der Waals surface area contributed by atoms with Crippen LogP contribution in [-0.4, -0.2) is 34.9 Å². The fourth-order valence-electron chi connectivity index (χ4n) is 2.63. The maximum Gasteiger partial charge on any atom is 0.261 e. The van der Waals surface area contributed by atoms with Gasteiger partial charge >= 0.3 is 0 Å². The maximum atomic E-state index is 14.1. The lowest BCUT2D eigenvalue weighted by molar-refractivity contribution is -0.142. The zero-order valence-electron chi connectivity index (χ0n) is 17.0. The molecule has 0 radical (unpaired) electrons. The Balaban J connectivity index is 2.18. The molecule has 0 fully saturated rings. The largest absolute Gasteiger partial charge is 0.484 e. The summed E-state index contributed by atoms with van der Waals surface area (Å²) in [6, 6.07) is 10.5. The van der Waals surface area contributed by atoms with Crippen LogP contribution in [0.3, 0.4) is 0 Å². The average molecular weight is 404 g/mol. The van der Waals surface area contributed by atoms with Crippen molar-refractivity contribution in [2.24, 2.45) is 0 Å². The molecule has 5 nitrogen and oxygen atoms in total. The van der Waals surface area contributed by atoms with Crippen LogP contribution in [0.2, 0.25) is 0 Å². The zero-order valence-corrected chi connectivity index (χ0v) is 17.0. The van der Waals surface area contributed by atoms with E-state index in [4.69, 9.17) is 4.74 Å². The van der Waals surface area contributed by atoms with E-state index in [0.717, 1.165) is 0 Å². The molecule has 0 saturated carbocycles. The number of rotatable bonds is 7. The number of ether oxygens (including phenoxy) is 1. The van der Waals surface area contributed by atoms with Crippen molar-refractivity contribution in [3.8, 4) is 5.75 Å². The molecule has 2 aromatic carbocycles. The molecule has 2 rings (SSSR count). The second-order valence-electron chi connectivity index (χ2n) is 7.77. The van der Waals surface area contributed by atoms with Crippen LogP contribution in [0.1, 0.15) is 33.3 Å². The lowest BCUT2D eigenvalue weighted by atomic mass is 10.1. The predicted octanol–water partition coefficient (Wildman–Crippen LogP) is 3.68. The van der Waals surface area contributed by atoms with Crippen LogP contribution < -0.4 is 10.1 Å². The van der Waals surface area contributed by atoms with Crippen LogP contribution in [0.15, 0.2) is 48.5 Å². The molecule has 0 aliphatic rings. The van der Waals surface area contributed by atoms with E-state index in [0.29, 0.717) is 5.75 Å². The van der Waals surface area contributed by atoms with Gasteiger partial charge in [0.2, 0.25) is 5.91 Å². The SMILES string of the molecule is C[C@@H](C(=O)NC(C)(C)C)N(Cc1ccccc1F)C(=O)COc1ccc(F)cc1. The summed E-state index contributed by atoms with van der Waals surface area (Å²) in [7, 11) is 0. The van der Waals surface area contributed by atoms with Crippen molar-refractivity contribution in [3.05, 3.63) is 65.7 Å². The molecule has 0 bridgehead atoms. The summed E-state index contributed by atoms with van der Waals surface area (Å²) >= 11 is 0. The topological polar surface area (TPSA) is 58.6 Å². The van der Waals surface area contributed by atoms with Gasteiger partial charge in [0.15, 0.2) is 6.61 Å². The van der Waals surface area contributed by atoms with E-state index in [-0.39, 0.29) is 24.6 Å². The van der Waals surface area contributed by atoms with Crippen molar-refractivity contribution < 1.29 is 23.1 Å². The van der Waals surface area contributed by atoms with Gasteiger partial charge in [-0.1, -0.05) is 18.2 Å². The van der Waals surface area contributed by atoms with E-state index in [1.54, 1.807) is 25.1 Å². The van der Waals surface area contributed by atoms with Gasteiger partial charge in [-0.15, -0.1) is 0 Å². The zero-order chi connectivity index (χ0) is 21.6. The quantitative estimate of drug-likeness (QED) is 0.766. The summed E-state index contributed by atoms with van der Waals surface area (Å²) in [5, 5.41) is 2.83. The van der Waals surface area contributed by atoms with Gasteiger partial charge in [0, 0.05) is 17.6 Å². The highest BCUT2D eigenvalue weighted by molar-refractivity contribution is 5.88. The predicted molar refractivity (Wildman–Crippen MR) is 106 cm³/mol. The molecule has 0 aliphatic carbocycles. The molecule has 1 N–H and O–H groups in total. The third-order valence-electron chi connectivity index (χ3n) is 4.14. The molecule has 0 spiro atoms. The minimum absolute atomic E-state index is 0.0863. The van der Waals surface area contributed by atoms with Gasteiger partial charge < -0.3 is 15.0 Å². The van der Waals surface area contributed by atoms with E-state index in [2.05, 4.69) is 5.32 Å². The average Bonchev–Trinajstić information content (AvgIpc) is 2.65. The fraction of sp³-hybridized carbons (Fsp3) is 0.364. The van der Waals surface area contributed by atoms with Gasteiger partial charge in [0.1, 0.15) is 23.4 Å². The Morgan fingerprint density at radius 3 is 2.28 bits per heavy atom. The highest BCUT2D eigenvalue weighted by atomic mass is 19.1. The number of amides is 2. The first kappa shape index (κ1) is 22.3. The van der Waals surface area contributed by atoms with Gasteiger partial charge in [-0.2, -0.15) is 0 Å². The van der Waals surface area contributed by atoms with Crippen molar-refractivity contribution in [3.63, 3.8) is 0 Å². The van der Waals surface area contributed by atoms with Gasteiger partial charge in [0.05, 0.1) is 0 Å². The van der Waals surface area contributed by atoms with Crippen LogP contribution in [-0.2, 0) is 16.1 Å². The number of benzene rings is 2. The molecule has 0 aromatic heterocycles. The molecule has 2 aromatic rings. The third-order valence-corrected chi connectivity index (χ3v) is 4.14. The first-order valence-electron chi connectivity index (χ1n) is 9.30. The van der Waals surface area contributed by atoms with Gasteiger partial charge in [0.25, 0.3) is 5.91 Å². The van der Waals surface area contributed by atoms with E-state index < -0.39 is 29.1 Å². The van der Waals surface area contributed by atoms with Crippen LogP contribution >= 0.6 is 0 Å². The fourth-order valence-corrected chi connectivity index (χ4v) is 2.63. The normalized spacial score (nSPS) is 12.2. The second kappa shape index (κ2) is 9.49. The molecular weight excluding hydrogens is 378 g/mol. The molecule has 2 amide bonds. The standard InChI is InChI=1S/C22H26F2N2O3/c1-15(21(28)25-22(2,3)4)26(13-16-7-5-6-8-19(16)24)20(27)14-29-18-11-9-17(23)10-12-18/h5-12,15H,13-14H2,1-4H3,(H,25,28)/t15-/m0/s1. The number of carbonyl (C=O) groups excluding carboxylic acids is 2. The highest BCUT2D eigenvalue weighted by Crippen LogP contribution is 2.16. The minimum Gasteiger partial charge on any atom is -0.484 e. The molecular formula is C22H26F2N2O3. The number of nitrogens with zero attached hydrogens (tertiary/aromatic N) is 1. The maximum absolute atomic E-state index is 14.1. The Hall–Kier alpha value is -2.96. The number of halogens is 2. The molecule has 1 atom stereocenters. The summed E-state index contributed by atoms with van der Waals surface area (Å²) < 4.78 is 32.6. The summed E-state index contributed by atoms with van der Waals surface area (Å²) in [6.45, 7) is 6.62. The molecule has 29 heavy (non-hydrogen) atoms. The summed E-state index contributed by atoms with van der Waals surface area (Å²) in [6.07, 6.45) is 0. The molecule has 0 unspecified atom stereocenters. The summed E-state index contributed by atoms with van der Waals surface area (Å²) in [4.78, 5) is 26.7. The lowest BCUT2D eigenvalue weighted by Crippen LogP contribution is -2.53. The van der Waals surface area contributed by atoms with Crippen molar-refractivity contribution in [1.29, 1.82) is 0 Å². The Bertz CT molecular complexity index is 848. The van der Waals surface area contributed by atoms with E-state index in [1.807, 2.05) is 20.8 Å². The lowest BCUT2D eigenvalue weighted by Gasteiger charge is -2.31. The van der Waals surface area contributed by atoms with Crippen molar-refractivity contribution in [1.82, 2.24) is 10.2 Å². The van der Waals surface area contributed by atoms with Crippen molar-refractivity contribution in [2.45, 2.75) is 45.8 Å². The third kappa shape index (κ3) is 6.85. The van der Waals surface area contributed by atoms with Crippen LogP contribution in [0.25, 0.3) is 0 Å². The van der Waals surface area contributed by atoms with E-state index >= 15 is 0 Å². The number of nitrogens with one attached hydrogen (secondary N) is 1. The highest BCUT2D eigenvalue weighted by Gasteiger charge is 2.29. The van der Waals surface area contributed by atoms with Crippen LogP contribution in [0.4, 0.5) is 8.78 Å². The summed E-state index contributed by atoms with van der Waals surface area (Å²) in [5.74, 6) is -1.42. The molecule has 156 valence electrons. The monoisotopic (exact) mass is 404 g/mol. The molecule has 0 heterocycles. The van der Waals surface area contributed by atoms with Gasteiger partial charge in [-0.3, -0.25) is 9.59 Å². The number of hydrogen-bond donors (Lipinski definition) is 1. The number of hydrogen-bond acceptors (Lipinski definition) is 3. The molecule has 7 heteroatoms. The first-order valence-corrected chi connectivity index (χ1v) is 9.30. The second-order valence-corrected chi connectivity index (χ2v) is 7.77. The Kier molecular flexibility index (Phi) is 7.31. The minimum atomic E-state index is -0.849. The first-order chi connectivity index (χ1) is 13.6. The molecule has 0 aliphatic heterocycles.